The number of carbonyl (C=O) groups excluding carboxylic acids is 2. The van der Waals surface area contributed by atoms with Gasteiger partial charge in [-0.3, -0.25) is 14.6 Å². The van der Waals surface area contributed by atoms with Crippen LogP contribution in [0.3, 0.4) is 0 Å². The highest BCUT2D eigenvalue weighted by Crippen LogP contribution is 2.29. The predicted octanol–water partition coefficient (Wildman–Crippen LogP) is 4.89. The van der Waals surface area contributed by atoms with E-state index < -0.39 is 23.5 Å². The van der Waals surface area contributed by atoms with Crippen molar-refractivity contribution in [1.82, 2.24) is 9.97 Å². The molecule has 9 heteroatoms. The van der Waals surface area contributed by atoms with Gasteiger partial charge in [0.1, 0.15) is 0 Å². The molecule has 0 aliphatic carbocycles. The molecule has 5 nitrogen and oxygen atoms in total. The number of amides is 1. The van der Waals surface area contributed by atoms with E-state index in [-0.39, 0.29) is 59.0 Å². The van der Waals surface area contributed by atoms with Gasteiger partial charge in [-0.05, 0) is 42.8 Å². The lowest BCUT2D eigenvalue weighted by atomic mass is 10.0. The molecule has 0 saturated heterocycles. The second-order valence-corrected chi connectivity index (χ2v) is 7.01. The Labute approximate surface area is 181 Å². The number of aromatic nitrogens is 2. The molecule has 0 bridgehead atoms. The minimum atomic E-state index is -1.18. The number of hydrogen-bond donors (Lipinski definition) is 0. The zero-order valence-corrected chi connectivity index (χ0v) is 17.3. The van der Waals surface area contributed by atoms with Crippen molar-refractivity contribution >= 4 is 17.4 Å². The van der Waals surface area contributed by atoms with E-state index in [1.807, 2.05) is 0 Å². The number of rotatable bonds is 7. The summed E-state index contributed by atoms with van der Waals surface area (Å²) >= 11 is 0. The Morgan fingerprint density at radius 2 is 1.72 bits per heavy atom. The smallest absolute Gasteiger partial charge is 0.226 e. The third-order valence-corrected chi connectivity index (χ3v) is 4.97. The molecule has 0 aliphatic heterocycles. The summed E-state index contributed by atoms with van der Waals surface area (Å²) < 4.78 is 55.6. The topological polar surface area (TPSA) is 63.2 Å². The Morgan fingerprint density at radius 3 is 2.34 bits per heavy atom. The maximum atomic E-state index is 14.6. The fourth-order valence-electron chi connectivity index (χ4n) is 3.11. The summed E-state index contributed by atoms with van der Waals surface area (Å²) in [6.07, 6.45) is 1.31. The van der Waals surface area contributed by atoms with Crippen molar-refractivity contribution in [3.63, 3.8) is 0 Å². The third kappa shape index (κ3) is 4.82. The van der Waals surface area contributed by atoms with Crippen LogP contribution in [0.4, 0.5) is 23.2 Å². The van der Waals surface area contributed by atoms with Gasteiger partial charge in [0.25, 0.3) is 0 Å². The van der Waals surface area contributed by atoms with Crippen LogP contribution in [0.5, 0.6) is 0 Å². The Bertz CT molecular complexity index is 1170. The zero-order chi connectivity index (χ0) is 23.4. The second-order valence-electron chi connectivity index (χ2n) is 7.01. The molecular weight excluding hydrogens is 426 g/mol. The van der Waals surface area contributed by atoms with Gasteiger partial charge in [0, 0.05) is 42.8 Å². The first-order chi connectivity index (χ1) is 15.2. The molecule has 0 radical (unpaired) electrons. The first-order valence-corrected chi connectivity index (χ1v) is 9.78. The number of ketones is 1. The van der Waals surface area contributed by atoms with E-state index in [0.717, 1.165) is 11.0 Å². The number of carbonyl (C=O) groups is 2. The number of anilines is 1. The summed E-state index contributed by atoms with van der Waals surface area (Å²) in [6.45, 7) is 1.61. The number of benzene rings is 1. The van der Waals surface area contributed by atoms with Gasteiger partial charge < -0.3 is 4.90 Å². The van der Waals surface area contributed by atoms with E-state index in [9.17, 15) is 27.2 Å². The monoisotopic (exact) mass is 445 g/mol. The molecule has 166 valence electrons. The molecule has 1 aromatic carbocycles. The van der Waals surface area contributed by atoms with E-state index in [0.29, 0.717) is 0 Å². The molecule has 2 heterocycles. The largest absolute Gasteiger partial charge is 0.313 e. The van der Waals surface area contributed by atoms with Gasteiger partial charge >= 0.3 is 0 Å². The SMILES string of the molecule is CCC(=O)N(C)c1ccc(-c2ccc(C(=O)CCc3ccc(F)nc3F)cn2)c(F)c1F. The Morgan fingerprint density at radius 1 is 0.969 bits per heavy atom. The van der Waals surface area contributed by atoms with Gasteiger partial charge in [0.05, 0.1) is 11.4 Å². The fraction of sp³-hybridized carbons (Fsp3) is 0.217. The van der Waals surface area contributed by atoms with Gasteiger partial charge in [-0.2, -0.15) is 13.8 Å². The average molecular weight is 445 g/mol. The molecule has 0 N–H and O–H groups in total. The predicted molar refractivity (Wildman–Crippen MR) is 110 cm³/mol. The van der Waals surface area contributed by atoms with Crippen molar-refractivity contribution in [2.45, 2.75) is 26.2 Å². The Hall–Kier alpha value is -3.62. The van der Waals surface area contributed by atoms with Crippen LogP contribution in [0.2, 0.25) is 0 Å². The first-order valence-electron chi connectivity index (χ1n) is 9.78. The highest BCUT2D eigenvalue weighted by atomic mass is 19.2. The summed E-state index contributed by atoms with van der Waals surface area (Å²) in [5.74, 6) is -4.98. The van der Waals surface area contributed by atoms with Gasteiger partial charge in [-0.25, -0.2) is 8.78 Å². The number of aryl methyl sites for hydroxylation is 1. The van der Waals surface area contributed by atoms with Crippen molar-refractivity contribution in [2.75, 3.05) is 11.9 Å². The number of halogens is 4. The van der Waals surface area contributed by atoms with Gasteiger partial charge in [0.2, 0.25) is 17.8 Å². The van der Waals surface area contributed by atoms with Gasteiger partial charge in [0.15, 0.2) is 17.4 Å². The number of nitrogens with zero attached hydrogens (tertiary/aromatic N) is 3. The van der Waals surface area contributed by atoms with Gasteiger partial charge in [-0.1, -0.05) is 6.92 Å². The highest BCUT2D eigenvalue weighted by molar-refractivity contribution is 5.96. The molecule has 0 spiro atoms. The van der Waals surface area contributed by atoms with Gasteiger partial charge in [-0.15, -0.1) is 0 Å². The standard InChI is InChI=1S/C23H19F4N3O2/c1-3-20(32)30(2)17-9-7-15(21(25)22(17)26)16-8-4-14(12-28-16)18(31)10-5-13-6-11-19(24)29-23(13)27/h4,6-9,11-12H,3,5,10H2,1-2H3. The minimum Gasteiger partial charge on any atom is -0.313 e. The number of hydrogen-bond acceptors (Lipinski definition) is 4. The molecule has 0 fully saturated rings. The third-order valence-electron chi connectivity index (χ3n) is 4.97. The normalized spacial score (nSPS) is 10.8. The lowest BCUT2D eigenvalue weighted by Gasteiger charge is -2.18. The lowest BCUT2D eigenvalue weighted by molar-refractivity contribution is -0.118. The molecule has 0 aliphatic rings. The second kappa shape index (κ2) is 9.67. The maximum Gasteiger partial charge on any atom is 0.226 e. The van der Waals surface area contributed by atoms with E-state index >= 15 is 0 Å². The number of pyridine rings is 2. The molecule has 0 atom stereocenters. The van der Waals surface area contributed by atoms with Crippen molar-refractivity contribution in [1.29, 1.82) is 0 Å². The van der Waals surface area contributed by atoms with Crippen LogP contribution in [0.25, 0.3) is 11.3 Å². The van der Waals surface area contributed by atoms with E-state index in [1.54, 1.807) is 6.92 Å². The molecule has 1 amide bonds. The molecule has 32 heavy (non-hydrogen) atoms. The minimum absolute atomic E-state index is 0.0188. The average Bonchev–Trinajstić information content (AvgIpc) is 2.79. The summed E-state index contributed by atoms with van der Waals surface area (Å²) in [4.78, 5) is 32.3. The number of Topliss-reactive ketones (excluding diaryl/α,β-unsaturated/α-hetero) is 1. The van der Waals surface area contributed by atoms with Crippen LogP contribution in [-0.4, -0.2) is 28.7 Å². The van der Waals surface area contributed by atoms with Crippen LogP contribution >= 0.6 is 0 Å². The van der Waals surface area contributed by atoms with Crippen LogP contribution in [-0.2, 0) is 11.2 Å². The first kappa shape index (κ1) is 23.1. The van der Waals surface area contributed by atoms with Crippen LogP contribution in [0.1, 0.15) is 35.7 Å². The van der Waals surface area contributed by atoms with Crippen LogP contribution in [0.15, 0.2) is 42.6 Å². The van der Waals surface area contributed by atoms with Crippen LogP contribution in [0, 0.1) is 23.5 Å². The summed E-state index contributed by atoms with van der Waals surface area (Å²) in [7, 11) is 1.36. The van der Waals surface area contributed by atoms with Crippen molar-refractivity contribution in [3.8, 4) is 11.3 Å². The van der Waals surface area contributed by atoms with Crippen LogP contribution < -0.4 is 4.90 Å². The highest BCUT2D eigenvalue weighted by Gasteiger charge is 2.20. The van der Waals surface area contributed by atoms with Crippen molar-refractivity contribution in [2.24, 2.45) is 0 Å². The van der Waals surface area contributed by atoms with E-state index in [4.69, 9.17) is 0 Å². The van der Waals surface area contributed by atoms with Crippen molar-refractivity contribution in [3.05, 3.63) is 77.3 Å². The molecule has 2 aromatic heterocycles. The molecule has 0 saturated carbocycles. The molecule has 0 unspecified atom stereocenters. The molecule has 3 rings (SSSR count). The molecular formula is C23H19F4N3O2. The maximum absolute atomic E-state index is 14.6. The Balaban J connectivity index is 1.75. The molecule has 3 aromatic rings. The summed E-state index contributed by atoms with van der Waals surface area (Å²) in [5, 5.41) is 0. The van der Waals surface area contributed by atoms with E-state index in [2.05, 4.69) is 9.97 Å². The van der Waals surface area contributed by atoms with Crippen molar-refractivity contribution < 1.29 is 27.2 Å². The lowest BCUT2D eigenvalue weighted by Crippen LogP contribution is -2.26. The van der Waals surface area contributed by atoms with E-state index in [1.165, 1.54) is 43.6 Å². The summed E-state index contributed by atoms with van der Waals surface area (Å²) in [5.41, 5.74) is 0.0979. The zero-order valence-electron chi connectivity index (χ0n) is 17.3. The quantitative estimate of drug-likeness (QED) is 0.295. The fourth-order valence-corrected chi connectivity index (χ4v) is 3.11. The summed E-state index contributed by atoms with van der Waals surface area (Å²) in [6, 6.07) is 7.59. The Kier molecular flexibility index (Phi) is 6.97.